The summed E-state index contributed by atoms with van der Waals surface area (Å²) in [6, 6.07) is 6.40. The van der Waals surface area contributed by atoms with E-state index in [4.69, 9.17) is 9.56 Å². The maximum atomic E-state index is 12.7. The van der Waals surface area contributed by atoms with Crippen molar-refractivity contribution in [1.82, 2.24) is 15.3 Å². The van der Waals surface area contributed by atoms with Gasteiger partial charge in [-0.3, -0.25) is 4.79 Å². The van der Waals surface area contributed by atoms with Crippen LogP contribution in [0.5, 0.6) is 0 Å². The first-order chi connectivity index (χ1) is 15.6. The van der Waals surface area contributed by atoms with Crippen LogP contribution in [0.1, 0.15) is 35.6 Å². The Morgan fingerprint density at radius 2 is 1.82 bits per heavy atom. The molecule has 176 valence electrons. The van der Waals surface area contributed by atoms with Gasteiger partial charge in [0, 0.05) is 31.1 Å². The smallest absolute Gasteiger partial charge is 0.238 e. The number of rotatable bonds is 6. The van der Waals surface area contributed by atoms with Gasteiger partial charge in [-0.15, -0.1) is 0 Å². The van der Waals surface area contributed by atoms with Gasteiger partial charge in [-0.1, -0.05) is 12.1 Å². The van der Waals surface area contributed by atoms with Crippen LogP contribution in [-0.2, 0) is 21.2 Å². The van der Waals surface area contributed by atoms with Crippen LogP contribution in [-0.4, -0.2) is 43.9 Å². The molecule has 1 aliphatic heterocycles. The number of fused-ring (bicyclic) bond motifs is 1. The number of piperidine rings is 1. The van der Waals surface area contributed by atoms with E-state index in [9.17, 15) is 13.2 Å². The van der Waals surface area contributed by atoms with Crippen molar-refractivity contribution in [1.29, 1.82) is 0 Å². The van der Waals surface area contributed by atoms with Gasteiger partial charge in [0.25, 0.3) is 0 Å². The number of nitrogens with two attached hydrogens (primary N) is 1. The van der Waals surface area contributed by atoms with Gasteiger partial charge in [0.15, 0.2) is 0 Å². The van der Waals surface area contributed by atoms with Gasteiger partial charge in [-0.05, 0) is 57.7 Å². The van der Waals surface area contributed by atoms with Gasteiger partial charge < -0.3 is 14.6 Å². The number of nitrogens with one attached hydrogen (secondary N) is 1. The lowest BCUT2D eigenvalue weighted by Crippen LogP contribution is -2.41. The number of furan rings is 1. The zero-order valence-corrected chi connectivity index (χ0v) is 19.9. The molecule has 1 fully saturated rings. The van der Waals surface area contributed by atoms with E-state index in [-0.39, 0.29) is 16.7 Å². The summed E-state index contributed by atoms with van der Waals surface area (Å²) in [6.45, 7) is 7.78. The van der Waals surface area contributed by atoms with E-state index >= 15 is 0 Å². The van der Waals surface area contributed by atoms with Gasteiger partial charge in [0.2, 0.25) is 21.6 Å². The SMILES string of the molecule is Cc1nc(N2CCC(C(=O)NCCc3ccc(S(N)(=O)=O)cc3)CC2)c2c(C)c(C)oc2n1. The zero-order valence-electron chi connectivity index (χ0n) is 19.1. The van der Waals surface area contributed by atoms with Crippen molar-refractivity contribution in [2.75, 3.05) is 24.5 Å². The van der Waals surface area contributed by atoms with Crippen LogP contribution in [0.4, 0.5) is 5.82 Å². The molecule has 0 saturated carbocycles. The minimum absolute atomic E-state index is 0.0448. The number of carbonyl (C=O) groups excluding carboxylic acids is 1. The first-order valence-corrected chi connectivity index (χ1v) is 12.6. The Labute approximate surface area is 193 Å². The van der Waals surface area contributed by atoms with Crippen molar-refractivity contribution in [3.63, 3.8) is 0 Å². The molecular formula is C23H29N5O4S. The average Bonchev–Trinajstić information content (AvgIpc) is 3.06. The molecule has 1 amide bonds. The molecule has 9 nitrogen and oxygen atoms in total. The molecule has 10 heteroatoms. The molecule has 1 saturated heterocycles. The van der Waals surface area contributed by atoms with E-state index < -0.39 is 10.0 Å². The number of nitrogens with zero attached hydrogens (tertiary/aromatic N) is 3. The van der Waals surface area contributed by atoms with Crippen molar-refractivity contribution >= 4 is 32.8 Å². The van der Waals surface area contributed by atoms with Crippen LogP contribution in [0.2, 0.25) is 0 Å². The van der Waals surface area contributed by atoms with Crippen molar-refractivity contribution in [2.45, 2.75) is 44.9 Å². The third kappa shape index (κ3) is 5.01. The molecule has 3 N–H and O–H groups in total. The molecule has 1 aromatic carbocycles. The molecule has 2 aromatic heterocycles. The van der Waals surface area contributed by atoms with E-state index in [1.165, 1.54) is 12.1 Å². The van der Waals surface area contributed by atoms with Crippen LogP contribution in [0.3, 0.4) is 0 Å². The average molecular weight is 472 g/mol. The Hall–Kier alpha value is -2.98. The number of carbonyl (C=O) groups is 1. The summed E-state index contributed by atoms with van der Waals surface area (Å²) >= 11 is 0. The highest BCUT2D eigenvalue weighted by Crippen LogP contribution is 2.33. The number of aryl methyl sites for hydroxylation is 3. The van der Waals surface area contributed by atoms with Crippen molar-refractivity contribution in [3.05, 3.63) is 47.0 Å². The van der Waals surface area contributed by atoms with E-state index in [2.05, 4.69) is 20.2 Å². The lowest BCUT2D eigenvalue weighted by atomic mass is 9.95. The number of anilines is 1. The number of primary sulfonamides is 1. The van der Waals surface area contributed by atoms with Crippen LogP contribution in [0, 0.1) is 26.7 Å². The molecule has 0 spiro atoms. The molecule has 0 unspecified atom stereocenters. The maximum absolute atomic E-state index is 12.7. The normalized spacial score (nSPS) is 15.2. The van der Waals surface area contributed by atoms with Gasteiger partial charge in [0.05, 0.1) is 10.3 Å². The van der Waals surface area contributed by atoms with Gasteiger partial charge >= 0.3 is 0 Å². The standard InChI is InChI=1S/C23H29N5O4S/c1-14-15(2)32-23-20(14)21(26-16(3)27-23)28-12-9-18(10-13-28)22(29)25-11-8-17-4-6-19(7-5-17)33(24,30)31/h4-7,18H,8-13H2,1-3H3,(H,25,29)(H2,24,30,31). The maximum Gasteiger partial charge on any atom is 0.238 e. The quantitative estimate of drug-likeness (QED) is 0.564. The van der Waals surface area contributed by atoms with Crippen molar-refractivity contribution < 1.29 is 17.6 Å². The number of hydrogen-bond acceptors (Lipinski definition) is 7. The van der Waals surface area contributed by atoms with E-state index in [0.717, 1.165) is 54.0 Å². The summed E-state index contributed by atoms with van der Waals surface area (Å²) in [7, 11) is -3.70. The minimum Gasteiger partial charge on any atom is -0.443 e. The molecule has 1 aliphatic rings. The summed E-state index contributed by atoms with van der Waals surface area (Å²) in [5.74, 6) is 2.41. The number of sulfonamides is 1. The summed E-state index contributed by atoms with van der Waals surface area (Å²) in [4.78, 5) is 24.1. The molecule has 3 aromatic rings. The first kappa shape index (κ1) is 23.2. The number of hydrogen-bond donors (Lipinski definition) is 2. The van der Waals surface area contributed by atoms with Gasteiger partial charge in [0.1, 0.15) is 17.4 Å². The fraction of sp³-hybridized carbons (Fsp3) is 0.435. The second-order valence-corrected chi connectivity index (χ2v) is 10.1. The molecule has 4 rings (SSSR count). The fourth-order valence-corrected chi connectivity index (χ4v) is 4.75. The van der Waals surface area contributed by atoms with Crippen LogP contribution in [0.15, 0.2) is 33.6 Å². The Morgan fingerprint density at radius 3 is 2.45 bits per heavy atom. The summed E-state index contributed by atoms with van der Waals surface area (Å²) in [5, 5.41) is 9.08. The molecular weight excluding hydrogens is 442 g/mol. The highest BCUT2D eigenvalue weighted by molar-refractivity contribution is 7.89. The van der Waals surface area contributed by atoms with E-state index in [1.54, 1.807) is 12.1 Å². The van der Waals surface area contributed by atoms with E-state index in [0.29, 0.717) is 24.5 Å². The lowest BCUT2D eigenvalue weighted by molar-refractivity contribution is -0.125. The van der Waals surface area contributed by atoms with Crippen molar-refractivity contribution in [2.24, 2.45) is 11.1 Å². The second kappa shape index (κ2) is 9.11. The summed E-state index contributed by atoms with van der Waals surface area (Å²) in [5.41, 5.74) is 2.60. The molecule has 3 heterocycles. The van der Waals surface area contributed by atoms with Crippen LogP contribution < -0.4 is 15.4 Å². The van der Waals surface area contributed by atoms with E-state index in [1.807, 2.05) is 20.8 Å². The number of aromatic nitrogens is 2. The Balaban J connectivity index is 1.32. The fourth-order valence-electron chi connectivity index (χ4n) is 4.23. The molecule has 0 aliphatic carbocycles. The van der Waals surface area contributed by atoms with Crippen LogP contribution in [0.25, 0.3) is 11.1 Å². The molecule has 33 heavy (non-hydrogen) atoms. The highest BCUT2D eigenvalue weighted by Gasteiger charge is 2.28. The number of amides is 1. The minimum atomic E-state index is -3.70. The predicted octanol–water partition coefficient (Wildman–Crippen LogP) is 2.37. The highest BCUT2D eigenvalue weighted by atomic mass is 32.2. The van der Waals surface area contributed by atoms with Gasteiger partial charge in [-0.2, -0.15) is 4.98 Å². The molecule has 0 atom stereocenters. The zero-order chi connectivity index (χ0) is 23.8. The first-order valence-electron chi connectivity index (χ1n) is 11.0. The Bertz CT molecular complexity index is 1280. The largest absolute Gasteiger partial charge is 0.443 e. The number of benzene rings is 1. The third-order valence-corrected chi connectivity index (χ3v) is 7.18. The Kier molecular flexibility index (Phi) is 6.40. The lowest BCUT2D eigenvalue weighted by Gasteiger charge is -2.32. The third-order valence-electron chi connectivity index (χ3n) is 6.25. The molecule has 0 radical (unpaired) electrons. The topological polar surface area (TPSA) is 131 Å². The van der Waals surface area contributed by atoms with Crippen LogP contribution >= 0.6 is 0 Å². The summed E-state index contributed by atoms with van der Waals surface area (Å²) in [6.07, 6.45) is 2.11. The molecule has 0 bridgehead atoms. The van der Waals surface area contributed by atoms with Crippen molar-refractivity contribution in [3.8, 4) is 0 Å². The summed E-state index contributed by atoms with van der Waals surface area (Å²) < 4.78 is 28.5. The monoisotopic (exact) mass is 471 g/mol. The second-order valence-electron chi connectivity index (χ2n) is 8.55. The van der Waals surface area contributed by atoms with Gasteiger partial charge in [-0.25, -0.2) is 18.5 Å². The Morgan fingerprint density at radius 1 is 1.15 bits per heavy atom. The predicted molar refractivity (Wildman–Crippen MR) is 125 cm³/mol.